The van der Waals surface area contributed by atoms with Gasteiger partial charge in [-0.2, -0.15) is 5.10 Å². The van der Waals surface area contributed by atoms with Crippen LogP contribution in [-0.4, -0.2) is 33.6 Å². The molecule has 0 spiro atoms. The third kappa shape index (κ3) is 6.94. The lowest BCUT2D eigenvalue weighted by atomic mass is 9.78. The van der Waals surface area contributed by atoms with Gasteiger partial charge in [-0.25, -0.2) is 0 Å². The highest BCUT2D eigenvalue weighted by atomic mass is 32.2. The summed E-state index contributed by atoms with van der Waals surface area (Å²) in [6.07, 6.45) is 1.65. The van der Waals surface area contributed by atoms with Crippen LogP contribution in [0.3, 0.4) is 0 Å². The Morgan fingerprint density at radius 1 is 1.09 bits per heavy atom. The molecule has 0 aliphatic carbocycles. The number of anilines is 1. The predicted molar refractivity (Wildman–Crippen MR) is 144 cm³/mol. The van der Waals surface area contributed by atoms with E-state index < -0.39 is 5.25 Å². The molecule has 1 aliphatic rings. The third-order valence-electron chi connectivity index (χ3n) is 5.59. The Balaban J connectivity index is 1.70. The summed E-state index contributed by atoms with van der Waals surface area (Å²) in [5.74, 6) is -0.198. The minimum absolute atomic E-state index is 0.0367. The maximum atomic E-state index is 12.4. The largest absolute Gasteiger partial charge is 0.507 e. The zero-order valence-electron chi connectivity index (χ0n) is 21.4. The summed E-state index contributed by atoms with van der Waals surface area (Å²) in [5.41, 5.74) is 3.78. The van der Waals surface area contributed by atoms with E-state index in [1.807, 2.05) is 43.3 Å². The number of aryl methyl sites for hydroxylation is 1. The average molecular weight is 495 g/mol. The number of nitrogens with one attached hydrogen (secondary N) is 2. The van der Waals surface area contributed by atoms with Gasteiger partial charge in [-0.05, 0) is 47.6 Å². The zero-order valence-corrected chi connectivity index (χ0v) is 22.2. The minimum Gasteiger partial charge on any atom is -0.507 e. The van der Waals surface area contributed by atoms with Gasteiger partial charge in [0.05, 0.1) is 6.21 Å². The second-order valence-corrected chi connectivity index (χ2v) is 12.0. The molecule has 3 rings (SSSR count). The molecule has 0 saturated carbocycles. The van der Waals surface area contributed by atoms with Crippen LogP contribution >= 0.6 is 11.8 Å². The number of carbonyl (C=O) groups excluding carboxylic acids is 2. The number of nitrogens with zero attached hydrogens (tertiary/aromatic N) is 2. The van der Waals surface area contributed by atoms with E-state index in [0.29, 0.717) is 16.6 Å². The van der Waals surface area contributed by atoms with E-state index in [1.54, 1.807) is 6.21 Å². The number of amidine groups is 1. The number of hydrogen-bond acceptors (Lipinski definition) is 6. The molecule has 0 bridgehead atoms. The fraction of sp³-hybridized carbons (Fsp3) is 0.407. The summed E-state index contributed by atoms with van der Waals surface area (Å²) in [6, 6.07) is 11.3. The fourth-order valence-electron chi connectivity index (χ4n) is 3.63. The molecule has 35 heavy (non-hydrogen) atoms. The van der Waals surface area contributed by atoms with Gasteiger partial charge in [-0.15, -0.1) is 5.10 Å². The van der Waals surface area contributed by atoms with Crippen LogP contribution in [0, 0.1) is 6.92 Å². The van der Waals surface area contributed by atoms with Gasteiger partial charge in [0, 0.05) is 23.2 Å². The van der Waals surface area contributed by atoms with Crippen LogP contribution in [-0.2, 0) is 20.4 Å². The van der Waals surface area contributed by atoms with Crippen LogP contribution in [0.2, 0.25) is 0 Å². The zero-order chi connectivity index (χ0) is 26.0. The Morgan fingerprint density at radius 2 is 1.66 bits per heavy atom. The van der Waals surface area contributed by atoms with Crippen molar-refractivity contribution >= 4 is 40.6 Å². The molecular weight excluding hydrogens is 460 g/mol. The number of hydrogen-bond donors (Lipinski definition) is 3. The first-order valence-electron chi connectivity index (χ1n) is 11.6. The van der Waals surface area contributed by atoms with Gasteiger partial charge < -0.3 is 15.7 Å². The van der Waals surface area contributed by atoms with E-state index in [2.05, 4.69) is 62.4 Å². The lowest BCUT2D eigenvalue weighted by Gasteiger charge is -2.27. The third-order valence-corrected chi connectivity index (χ3v) is 6.66. The van der Waals surface area contributed by atoms with Crippen LogP contribution in [0.4, 0.5) is 5.69 Å². The first-order valence-corrected chi connectivity index (χ1v) is 12.4. The number of thioether (sulfide) groups is 1. The number of rotatable bonds is 5. The molecule has 0 radical (unpaired) electrons. The summed E-state index contributed by atoms with van der Waals surface area (Å²) < 4.78 is 0. The van der Waals surface area contributed by atoms with Crippen LogP contribution in [0.25, 0.3) is 0 Å². The smallest absolute Gasteiger partial charge is 0.240 e. The molecule has 2 aromatic carbocycles. The number of amides is 2. The minimum atomic E-state index is -0.567. The van der Waals surface area contributed by atoms with Crippen molar-refractivity contribution in [2.45, 2.75) is 71.0 Å². The second-order valence-electron chi connectivity index (χ2n) is 10.8. The highest BCUT2D eigenvalue weighted by Gasteiger charge is 2.32. The van der Waals surface area contributed by atoms with Gasteiger partial charge >= 0.3 is 0 Å². The number of carbonyl (C=O) groups is 2. The molecule has 1 unspecified atom stereocenters. The molecule has 1 aliphatic heterocycles. The molecule has 7 nitrogen and oxygen atoms in total. The van der Waals surface area contributed by atoms with Crippen molar-refractivity contribution in [3.8, 4) is 5.75 Å². The Bertz CT molecular complexity index is 1140. The summed E-state index contributed by atoms with van der Waals surface area (Å²) in [6.45, 7) is 14.3. The van der Waals surface area contributed by atoms with Gasteiger partial charge in [0.25, 0.3) is 0 Å². The first kappa shape index (κ1) is 26.5. The van der Waals surface area contributed by atoms with Gasteiger partial charge in [0.2, 0.25) is 11.8 Å². The lowest BCUT2D eigenvalue weighted by molar-refractivity contribution is -0.122. The van der Waals surface area contributed by atoms with Crippen molar-refractivity contribution in [2.24, 2.45) is 10.2 Å². The van der Waals surface area contributed by atoms with E-state index in [1.165, 1.54) is 11.8 Å². The van der Waals surface area contributed by atoms with Gasteiger partial charge in [0.15, 0.2) is 5.17 Å². The van der Waals surface area contributed by atoms with Crippen LogP contribution in [0.1, 0.15) is 70.2 Å². The highest BCUT2D eigenvalue weighted by molar-refractivity contribution is 8.15. The van der Waals surface area contributed by atoms with Crippen molar-refractivity contribution < 1.29 is 14.7 Å². The molecule has 186 valence electrons. The molecule has 1 heterocycles. The SMILES string of the molecule is Cc1ccc(NC(=O)CC2SC(=NN=Cc3cc(C(C)(C)C)c(O)c(C(C)(C)C)c3)NC2=O)cc1. The van der Waals surface area contributed by atoms with E-state index in [9.17, 15) is 14.7 Å². The van der Waals surface area contributed by atoms with Crippen LogP contribution in [0.15, 0.2) is 46.6 Å². The Kier molecular flexibility index (Phi) is 7.74. The number of phenolic OH excluding ortho intramolecular Hbond substituents is 1. The summed E-state index contributed by atoms with van der Waals surface area (Å²) in [7, 11) is 0. The fourth-order valence-corrected chi connectivity index (χ4v) is 4.55. The van der Waals surface area contributed by atoms with E-state index in [4.69, 9.17) is 0 Å². The first-order chi connectivity index (χ1) is 16.2. The summed E-state index contributed by atoms with van der Waals surface area (Å²) >= 11 is 1.19. The number of benzene rings is 2. The summed E-state index contributed by atoms with van der Waals surface area (Å²) in [5, 5.41) is 24.5. The quantitative estimate of drug-likeness (QED) is 0.390. The predicted octanol–water partition coefficient (Wildman–Crippen LogP) is 5.25. The Hall–Kier alpha value is -3.13. The monoisotopic (exact) mass is 494 g/mol. The average Bonchev–Trinajstić information content (AvgIpc) is 3.08. The maximum Gasteiger partial charge on any atom is 0.240 e. The van der Waals surface area contributed by atoms with Crippen LogP contribution in [0.5, 0.6) is 5.75 Å². The van der Waals surface area contributed by atoms with Gasteiger partial charge in [-0.3, -0.25) is 9.59 Å². The van der Waals surface area contributed by atoms with Gasteiger partial charge in [0.1, 0.15) is 11.0 Å². The lowest BCUT2D eigenvalue weighted by Crippen LogP contribution is -2.28. The van der Waals surface area contributed by atoms with Crippen molar-refractivity contribution in [1.29, 1.82) is 0 Å². The molecule has 0 aromatic heterocycles. The van der Waals surface area contributed by atoms with Crippen molar-refractivity contribution in [3.63, 3.8) is 0 Å². The molecular formula is C27H34N4O3S. The molecule has 3 N–H and O–H groups in total. The topological polar surface area (TPSA) is 103 Å². The van der Waals surface area contributed by atoms with Gasteiger partial charge in [-0.1, -0.05) is 71.0 Å². The van der Waals surface area contributed by atoms with E-state index >= 15 is 0 Å². The molecule has 1 atom stereocenters. The van der Waals surface area contributed by atoms with Crippen molar-refractivity contribution in [1.82, 2.24) is 5.32 Å². The standard InChI is InChI=1S/C27H34N4O3S/c1-16-8-10-18(11-9-16)29-22(32)14-21-24(34)30-25(35-21)31-28-15-17-12-19(26(2,3)4)23(33)20(13-17)27(5,6)7/h8-13,15,21,33H,14H2,1-7H3,(H,29,32)(H,30,31,34). The second kappa shape index (κ2) is 10.2. The Morgan fingerprint density at radius 3 is 2.20 bits per heavy atom. The molecule has 2 amide bonds. The normalized spacial score (nSPS) is 17.7. The van der Waals surface area contributed by atoms with Crippen LogP contribution < -0.4 is 10.6 Å². The molecule has 1 fully saturated rings. The van der Waals surface area contributed by atoms with E-state index in [-0.39, 0.29) is 29.1 Å². The number of aromatic hydroxyl groups is 1. The number of phenols is 1. The molecule has 1 saturated heterocycles. The van der Waals surface area contributed by atoms with Crippen molar-refractivity contribution in [2.75, 3.05) is 5.32 Å². The molecule has 8 heteroatoms. The summed E-state index contributed by atoms with van der Waals surface area (Å²) in [4.78, 5) is 24.7. The highest BCUT2D eigenvalue weighted by Crippen LogP contribution is 2.39. The maximum absolute atomic E-state index is 12.4. The van der Waals surface area contributed by atoms with E-state index in [0.717, 1.165) is 22.3 Å². The molecule has 2 aromatic rings. The Labute approximate surface area is 211 Å². The van der Waals surface area contributed by atoms with Crippen molar-refractivity contribution in [3.05, 3.63) is 58.7 Å².